The van der Waals surface area contributed by atoms with E-state index in [4.69, 9.17) is 14.0 Å². The number of halogens is 1. The van der Waals surface area contributed by atoms with Crippen molar-refractivity contribution in [2.75, 3.05) is 7.11 Å². The molecule has 1 aliphatic rings. The van der Waals surface area contributed by atoms with Crippen molar-refractivity contribution in [1.82, 2.24) is 4.98 Å². The number of benzene rings is 2. The van der Waals surface area contributed by atoms with Gasteiger partial charge in [0.1, 0.15) is 5.82 Å². The quantitative estimate of drug-likeness (QED) is 0.420. The highest BCUT2D eigenvalue weighted by Gasteiger charge is 2.51. The standard InChI is InChI=1S/C26H31BFNO4/c1-16-14-17(10-12-21(16)28)24-19(8-7-9-23(30)31-6)20-15-18(11-13-22(20)29-24)27-32-25(2,3)26(4,5)33-27/h10-15,29H,7-9H2,1-6H3. The Labute approximate surface area is 194 Å². The summed E-state index contributed by atoms with van der Waals surface area (Å²) >= 11 is 0. The molecule has 174 valence electrons. The maximum absolute atomic E-state index is 13.9. The fourth-order valence-corrected chi connectivity index (χ4v) is 4.21. The number of carbonyl (C=O) groups is 1. The van der Waals surface area contributed by atoms with Gasteiger partial charge >= 0.3 is 13.1 Å². The lowest BCUT2D eigenvalue weighted by Crippen LogP contribution is -2.41. The van der Waals surface area contributed by atoms with Crippen LogP contribution in [0.25, 0.3) is 22.2 Å². The SMILES string of the molecule is COC(=O)CCCc1c(-c2ccc(F)c(C)c2)[nH]c2ccc(B3OC(C)(C)C(C)(C)O3)cc12. The minimum Gasteiger partial charge on any atom is -0.469 e. The molecule has 1 N–H and O–H groups in total. The molecule has 33 heavy (non-hydrogen) atoms. The summed E-state index contributed by atoms with van der Waals surface area (Å²) in [5.74, 6) is -0.461. The molecule has 4 rings (SSSR count). The molecule has 1 saturated heterocycles. The molecule has 1 aromatic heterocycles. The number of fused-ring (bicyclic) bond motifs is 1. The summed E-state index contributed by atoms with van der Waals surface area (Å²) in [6.45, 7) is 9.91. The lowest BCUT2D eigenvalue weighted by atomic mass is 9.78. The number of aryl methyl sites for hydroxylation is 2. The van der Waals surface area contributed by atoms with Crippen molar-refractivity contribution >= 4 is 29.5 Å². The van der Waals surface area contributed by atoms with Crippen LogP contribution in [0, 0.1) is 12.7 Å². The van der Waals surface area contributed by atoms with Crippen molar-refractivity contribution in [3.05, 3.63) is 53.3 Å². The van der Waals surface area contributed by atoms with Gasteiger partial charge in [0, 0.05) is 23.0 Å². The van der Waals surface area contributed by atoms with Crippen LogP contribution >= 0.6 is 0 Å². The van der Waals surface area contributed by atoms with E-state index < -0.39 is 18.3 Å². The first-order valence-corrected chi connectivity index (χ1v) is 11.4. The van der Waals surface area contributed by atoms with E-state index in [1.54, 1.807) is 13.0 Å². The molecule has 7 heteroatoms. The first-order valence-electron chi connectivity index (χ1n) is 11.4. The molecule has 1 aliphatic heterocycles. The molecular weight excluding hydrogens is 420 g/mol. The highest BCUT2D eigenvalue weighted by molar-refractivity contribution is 6.62. The van der Waals surface area contributed by atoms with Crippen molar-refractivity contribution in [3.8, 4) is 11.3 Å². The third-order valence-electron chi connectivity index (χ3n) is 6.94. The first-order chi connectivity index (χ1) is 15.5. The van der Waals surface area contributed by atoms with E-state index in [0.717, 1.165) is 33.2 Å². The Morgan fingerprint density at radius 3 is 2.42 bits per heavy atom. The molecule has 0 bridgehead atoms. The zero-order valence-electron chi connectivity index (χ0n) is 20.2. The Bertz CT molecular complexity index is 1180. The zero-order chi connectivity index (χ0) is 24.0. The van der Waals surface area contributed by atoms with Gasteiger partial charge in [-0.2, -0.15) is 0 Å². The molecule has 0 aliphatic carbocycles. The molecule has 0 spiro atoms. The molecule has 0 amide bonds. The minimum atomic E-state index is -0.464. The van der Waals surface area contributed by atoms with Gasteiger partial charge in [-0.05, 0) is 93.9 Å². The van der Waals surface area contributed by atoms with Gasteiger partial charge in [-0.3, -0.25) is 4.79 Å². The molecule has 2 heterocycles. The molecule has 0 atom stereocenters. The number of nitrogens with one attached hydrogen (secondary N) is 1. The largest absolute Gasteiger partial charge is 0.494 e. The number of ether oxygens (including phenoxy) is 1. The summed E-state index contributed by atoms with van der Waals surface area (Å²) in [6.07, 6.45) is 1.66. The molecular formula is C26H31BFNO4. The summed E-state index contributed by atoms with van der Waals surface area (Å²) in [5, 5.41) is 1.05. The summed E-state index contributed by atoms with van der Waals surface area (Å²) in [7, 11) is 0.936. The molecule has 5 nitrogen and oxygen atoms in total. The lowest BCUT2D eigenvalue weighted by Gasteiger charge is -2.32. The van der Waals surface area contributed by atoms with Crippen LogP contribution in [0.1, 0.15) is 51.7 Å². The van der Waals surface area contributed by atoms with E-state index in [1.165, 1.54) is 13.2 Å². The van der Waals surface area contributed by atoms with Crippen LogP contribution in [0.4, 0.5) is 4.39 Å². The fourth-order valence-electron chi connectivity index (χ4n) is 4.21. The van der Waals surface area contributed by atoms with Gasteiger partial charge < -0.3 is 19.0 Å². The van der Waals surface area contributed by atoms with Crippen LogP contribution in [0.3, 0.4) is 0 Å². The maximum Gasteiger partial charge on any atom is 0.494 e. The van der Waals surface area contributed by atoms with Crippen molar-refractivity contribution in [2.45, 2.75) is 65.1 Å². The Balaban J connectivity index is 1.76. The van der Waals surface area contributed by atoms with Gasteiger partial charge in [-0.15, -0.1) is 0 Å². The number of hydrogen-bond acceptors (Lipinski definition) is 4. The molecule has 0 radical (unpaired) electrons. The van der Waals surface area contributed by atoms with E-state index in [9.17, 15) is 9.18 Å². The number of esters is 1. The topological polar surface area (TPSA) is 60.6 Å². The van der Waals surface area contributed by atoms with Crippen molar-refractivity contribution in [1.29, 1.82) is 0 Å². The number of methoxy groups -OCH3 is 1. The molecule has 0 unspecified atom stereocenters. The van der Waals surface area contributed by atoms with Crippen LogP contribution in [-0.4, -0.2) is 36.4 Å². The lowest BCUT2D eigenvalue weighted by molar-refractivity contribution is -0.140. The van der Waals surface area contributed by atoms with E-state index in [2.05, 4.69) is 11.1 Å². The Morgan fingerprint density at radius 1 is 1.09 bits per heavy atom. The second kappa shape index (κ2) is 8.62. The Morgan fingerprint density at radius 2 is 1.79 bits per heavy atom. The Hall–Kier alpha value is -2.64. The monoisotopic (exact) mass is 451 g/mol. The normalized spacial score (nSPS) is 17.0. The summed E-state index contributed by atoms with van der Waals surface area (Å²) in [4.78, 5) is 15.2. The molecule has 3 aromatic rings. The first kappa shape index (κ1) is 23.5. The van der Waals surface area contributed by atoms with Gasteiger partial charge in [-0.25, -0.2) is 4.39 Å². The summed E-state index contributed by atoms with van der Waals surface area (Å²) in [5.41, 5.74) is 4.58. The van der Waals surface area contributed by atoms with Crippen LogP contribution in [0.5, 0.6) is 0 Å². The van der Waals surface area contributed by atoms with Gasteiger partial charge in [0.2, 0.25) is 0 Å². The highest BCUT2D eigenvalue weighted by Crippen LogP contribution is 2.37. The van der Waals surface area contributed by atoms with Gasteiger partial charge in [0.05, 0.1) is 18.3 Å². The number of hydrogen-bond donors (Lipinski definition) is 1. The van der Waals surface area contributed by atoms with Crippen molar-refractivity contribution in [2.24, 2.45) is 0 Å². The number of aromatic nitrogens is 1. The Kier molecular flexibility index (Phi) is 6.14. The highest BCUT2D eigenvalue weighted by atomic mass is 19.1. The predicted octanol–water partition coefficient (Wildman–Crippen LogP) is 5.08. The van der Waals surface area contributed by atoms with Crippen LogP contribution in [-0.2, 0) is 25.3 Å². The number of H-pyrrole nitrogens is 1. The minimum absolute atomic E-state index is 0.230. The number of carbonyl (C=O) groups excluding carboxylic acids is 1. The smallest absolute Gasteiger partial charge is 0.469 e. The van der Waals surface area contributed by atoms with Crippen molar-refractivity contribution < 1.29 is 23.2 Å². The average molecular weight is 451 g/mol. The number of rotatable bonds is 6. The number of aromatic amines is 1. The van der Waals surface area contributed by atoms with Crippen molar-refractivity contribution in [3.63, 3.8) is 0 Å². The zero-order valence-corrected chi connectivity index (χ0v) is 20.2. The van der Waals surface area contributed by atoms with Gasteiger partial charge in [0.15, 0.2) is 0 Å². The van der Waals surface area contributed by atoms with E-state index in [0.29, 0.717) is 24.8 Å². The van der Waals surface area contributed by atoms with E-state index >= 15 is 0 Å². The summed E-state index contributed by atoms with van der Waals surface area (Å²) in [6, 6.07) is 11.3. The molecule has 2 aromatic carbocycles. The third kappa shape index (κ3) is 4.44. The van der Waals surface area contributed by atoms with E-state index in [1.807, 2.05) is 45.9 Å². The third-order valence-corrected chi connectivity index (χ3v) is 6.94. The predicted molar refractivity (Wildman–Crippen MR) is 129 cm³/mol. The van der Waals surface area contributed by atoms with Crippen LogP contribution in [0.15, 0.2) is 36.4 Å². The molecule has 1 fully saturated rings. The average Bonchev–Trinajstić information content (AvgIpc) is 3.22. The van der Waals surface area contributed by atoms with Gasteiger partial charge in [0.25, 0.3) is 0 Å². The fraction of sp³-hybridized carbons (Fsp3) is 0.423. The van der Waals surface area contributed by atoms with Gasteiger partial charge in [-0.1, -0.05) is 12.1 Å². The second-order valence-electron chi connectivity index (χ2n) is 9.77. The maximum atomic E-state index is 13.9. The summed E-state index contributed by atoms with van der Waals surface area (Å²) < 4.78 is 31.2. The van der Waals surface area contributed by atoms with E-state index in [-0.39, 0.29) is 11.8 Å². The second-order valence-corrected chi connectivity index (χ2v) is 9.77. The molecule has 0 saturated carbocycles. The van der Waals surface area contributed by atoms with Crippen LogP contribution in [0.2, 0.25) is 0 Å². The van der Waals surface area contributed by atoms with Crippen LogP contribution < -0.4 is 5.46 Å².